The van der Waals surface area contributed by atoms with Gasteiger partial charge in [0.05, 0.1) is 11.0 Å². The van der Waals surface area contributed by atoms with Crippen molar-refractivity contribution in [2.45, 2.75) is 6.92 Å². The molecule has 0 fully saturated rings. The highest BCUT2D eigenvalue weighted by Crippen LogP contribution is 2.27. The number of para-hydroxylation sites is 1. The van der Waals surface area contributed by atoms with E-state index in [2.05, 4.69) is 16.9 Å². The summed E-state index contributed by atoms with van der Waals surface area (Å²) in [6, 6.07) is 13.9. The van der Waals surface area contributed by atoms with Gasteiger partial charge in [0.25, 0.3) is 0 Å². The molecule has 0 unspecified atom stereocenters. The Morgan fingerprint density at radius 1 is 0.944 bits per heavy atom. The Balaban J connectivity index is 2.24. The first kappa shape index (κ1) is 9.59. The van der Waals surface area contributed by atoms with Gasteiger partial charge in [0.15, 0.2) is 0 Å². The van der Waals surface area contributed by atoms with Gasteiger partial charge in [-0.1, -0.05) is 18.2 Å². The van der Waals surface area contributed by atoms with Crippen LogP contribution in [0.25, 0.3) is 33.2 Å². The average molecular weight is 234 g/mol. The predicted octanol–water partition coefficient (Wildman–Crippen LogP) is 3.84. The van der Waals surface area contributed by atoms with Crippen LogP contribution in [0.4, 0.5) is 0 Å². The quantitative estimate of drug-likeness (QED) is 0.464. The maximum absolute atomic E-state index is 5.72. The minimum atomic E-state index is 0.604. The van der Waals surface area contributed by atoms with Gasteiger partial charge in [-0.2, -0.15) is 0 Å². The molecule has 0 radical (unpaired) electrons. The second kappa shape index (κ2) is 3.29. The number of furan rings is 1. The molecule has 4 rings (SSSR count). The molecule has 0 saturated carbocycles. The third kappa shape index (κ3) is 1.24. The smallest absolute Gasteiger partial charge is 0.246 e. The fourth-order valence-corrected chi connectivity index (χ4v) is 2.25. The van der Waals surface area contributed by atoms with Gasteiger partial charge in [-0.15, -0.1) is 0 Å². The number of aryl methyl sites for hydroxylation is 1. The minimum Gasteiger partial charge on any atom is -0.436 e. The summed E-state index contributed by atoms with van der Waals surface area (Å²) in [5.74, 6) is 0. The molecule has 0 bridgehead atoms. The Labute approximate surface area is 103 Å². The first-order chi connectivity index (χ1) is 8.81. The van der Waals surface area contributed by atoms with Crippen molar-refractivity contribution in [1.29, 1.82) is 0 Å². The van der Waals surface area contributed by atoms with Crippen LogP contribution in [0.5, 0.6) is 0 Å². The Morgan fingerprint density at radius 2 is 1.83 bits per heavy atom. The van der Waals surface area contributed by atoms with E-state index in [1.54, 1.807) is 0 Å². The van der Waals surface area contributed by atoms with Crippen LogP contribution in [0, 0.1) is 6.92 Å². The highest BCUT2D eigenvalue weighted by Gasteiger charge is 2.10. The van der Waals surface area contributed by atoms with Gasteiger partial charge in [-0.3, -0.25) is 0 Å². The van der Waals surface area contributed by atoms with Crippen LogP contribution < -0.4 is 0 Å². The lowest BCUT2D eigenvalue weighted by Crippen LogP contribution is -1.85. The monoisotopic (exact) mass is 234 g/mol. The molecule has 0 saturated heterocycles. The summed E-state index contributed by atoms with van der Waals surface area (Å²) < 4.78 is 5.72. The predicted molar refractivity (Wildman–Crippen MR) is 71.6 cm³/mol. The van der Waals surface area contributed by atoms with E-state index < -0.39 is 0 Å². The number of nitrogens with zero attached hydrogens (tertiary/aromatic N) is 2. The molecule has 2 heterocycles. The molecule has 3 nitrogen and oxygen atoms in total. The second-order valence-electron chi connectivity index (χ2n) is 4.47. The Hall–Kier alpha value is -2.42. The zero-order valence-electron chi connectivity index (χ0n) is 9.84. The zero-order chi connectivity index (χ0) is 12.1. The SMILES string of the molecule is Cc1ccc2nc3oc4ccccc4c3nc2c1. The Bertz CT molecular complexity index is 893. The fraction of sp³-hybridized carbons (Fsp3) is 0.0667. The van der Waals surface area contributed by atoms with Crippen molar-refractivity contribution >= 4 is 33.2 Å². The van der Waals surface area contributed by atoms with Crippen molar-refractivity contribution in [3.63, 3.8) is 0 Å². The van der Waals surface area contributed by atoms with Crippen LogP contribution in [0.15, 0.2) is 46.9 Å². The summed E-state index contributed by atoms with van der Waals surface area (Å²) in [7, 11) is 0. The molecule has 3 heteroatoms. The molecule has 0 aliphatic heterocycles. The van der Waals surface area contributed by atoms with Crippen LogP contribution in [-0.4, -0.2) is 9.97 Å². The van der Waals surface area contributed by atoms with E-state index in [1.165, 1.54) is 5.56 Å². The number of hydrogen-bond acceptors (Lipinski definition) is 3. The third-order valence-electron chi connectivity index (χ3n) is 3.14. The molecule has 0 aliphatic rings. The lowest BCUT2D eigenvalue weighted by molar-refractivity contribution is 0.655. The van der Waals surface area contributed by atoms with Gasteiger partial charge in [-0.25, -0.2) is 9.97 Å². The van der Waals surface area contributed by atoms with E-state index in [9.17, 15) is 0 Å². The third-order valence-corrected chi connectivity index (χ3v) is 3.14. The molecule has 4 aromatic rings. The highest BCUT2D eigenvalue weighted by atomic mass is 16.3. The lowest BCUT2D eigenvalue weighted by atomic mass is 10.2. The van der Waals surface area contributed by atoms with E-state index in [-0.39, 0.29) is 0 Å². The van der Waals surface area contributed by atoms with Crippen LogP contribution in [0.3, 0.4) is 0 Å². The van der Waals surface area contributed by atoms with Gasteiger partial charge in [-0.05, 0) is 36.8 Å². The van der Waals surface area contributed by atoms with Gasteiger partial charge in [0.2, 0.25) is 5.71 Å². The largest absolute Gasteiger partial charge is 0.436 e. The zero-order valence-corrected chi connectivity index (χ0v) is 9.84. The summed E-state index contributed by atoms with van der Waals surface area (Å²) >= 11 is 0. The molecular formula is C15H10N2O. The number of hydrogen-bond donors (Lipinski definition) is 0. The van der Waals surface area contributed by atoms with Crippen molar-refractivity contribution in [2.75, 3.05) is 0 Å². The fourth-order valence-electron chi connectivity index (χ4n) is 2.25. The normalized spacial score (nSPS) is 11.6. The topological polar surface area (TPSA) is 38.9 Å². The standard InChI is InChI=1S/C15H10N2O/c1-9-6-7-11-12(8-9)16-14-10-4-2-3-5-13(10)18-15(14)17-11/h2-8H,1H3. The summed E-state index contributed by atoms with van der Waals surface area (Å²) in [6.07, 6.45) is 0. The number of fused-ring (bicyclic) bond motifs is 4. The van der Waals surface area contributed by atoms with E-state index >= 15 is 0 Å². The maximum atomic E-state index is 5.72. The molecule has 18 heavy (non-hydrogen) atoms. The van der Waals surface area contributed by atoms with Crippen LogP contribution in [0.1, 0.15) is 5.56 Å². The summed E-state index contributed by atoms with van der Waals surface area (Å²) in [6.45, 7) is 2.05. The van der Waals surface area contributed by atoms with E-state index in [0.29, 0.717) is 5.71 Å². The molecule has 2 aromatic heterocycles. The van der Waals surface area contributed by atoms with Crippen molar-refractivity contribution in [1.82, 2.24) is 9.97 Å². The summed E-state index contributed by atoms with van der Waals surface area (Å²) in [5, 5.41) is 1.02. The van der Waals surface area contributed by atoms with Gasteiger partial charge < -0.3 is 4.42 Å². The van der Waals surface area contributed by atoms with Gasteiger partial charge >= 0.3 is 0 Å². The molecule has 0 aliphatic carbocycles. The highest BCUT2D eigenvalue weighted by molar-refractivity contribution is 6.03. The molecule has 2 aromatic carbocycles. The lowest BCUT2D eigenvalue weighted by Gasteiger charge is -1.97. The number of rotatable bonds is 0. The van der Waals surface area contributed by atoms with Gasteiger partial charge in [0.1, 0.15) is 11.1 Å². The van der Waals surface area contributed by atoms with Crippen molar-refractivity contribution in [3.8, 4) is 0 Å². The first-order valence-electron chi connectivity index (χ1n) is 5.87. The van der Waals surface area contributed by atoms with E-state index in [1.807, 2.05) is 42.5 Å². The molecule has 0 amide bonds. The minimum absolute atomic E-state index is 0.604. The van der Waals surface area contributed by atoms with Crippen molar-refractivity contribution in [2.24, 2.45) is 0 Å². The molecule has 0 atom stereocenters. The Morgan fingerprint density at radius 3 is 2.78 bits per heavy atom. The summed E-state index contributed by atoms with van der Waals surface area (Å²) in [5.41, 5.74) is 5.24. The average Bonchev–Trinajstić information content (AvgIpc) is 2.74. The molecule has 0 spiro atoms. The first-order valence-corrected chi connectivity index (χ1v) is 5.87. The molecular weight excluding hydrogens is 224 g/mol. The molecule has 86 valence electrons. The Kier molecular flexibility index (Phi) is 1.75. The van der Waals surface area contributed by atoms with Crippen LogP contribution in [-0.2, 0) is 0 Å². The second-order valence-corrected chi connectivity index (χ2v) is 4.47. The van der Waals surface area contributed by atoms with Crippen LogP contribution in [0.2, 0.25) is 0 Å². The van der Waals surface area contributed by atoms with Crippen LogP contribution >= 0.6 is 0 Å². The van der Waals surface area contributed by atoms with E-state index in [4.69, 9.17) is 4.42 Å². The molecule has 0 N–H and O–H groups in total. The van der Waals surface area contributed by atoms with E-state index in [0.717, 1.165) is 27.5 Å². The number of benzene rings is 2. The maximum Gasteiger partial charge on any atom is 0.246 e. The summed E-state index contributed by atoms with van der Waals surface area (Å²) in [4.78, 5) is 9.20. The van der Waals surface area contributed by atoms with Gasteiger partial charge in [0, 0.05) is 5.39 Å². The van der Waals surface area contributed by atoms with Crippen molar-refractivity contribution < 1.29 is 4.42 Å². The number of aromatic nitrogens is 2. The van der Waals surface area contributed by atoms with Crippen molar-refractivity contribution in [3.05, 3.63) is 48.0 Å².